The number of rotatable bonds is 5. The molecule has 3 aromatic rings. The van der Waals surface area contributed by atoms with Crippen molar-refractivity contribution in [2.45, 2.75) is 58.5 Å². The van der Waals surface area contributed by atoms with Gasteiger partial charge in [-0.05, 0) is 43.9 Å². The highest BCUT2D eigenvalue weighted by Gasteiger charge is 2.31. The number of para-hydroxylation sites is 1. The van der Waals surface area contributed by atoms with Crippen molar-refractivity contribution in [2.75, 3.05) is 4.90 Å². The number of anilines is 1. The fraction of sp³-hybridized carbons (Fsp3) is 0.375. The second-order valence-corrected chi connectivity index (χ2v) is 7.82. The van der Waals surface area contributed by atoms with E-state index in [1.54, 1.807) is 6.07 Å². The lowest BCUT2D eigenvalue weighted by atomic mass is 9.96. The third kappa shape index (κ3) is 3.57. The SMILES string of the molecule is CCCCCn1nc(C(=O)N2c3ccccc3CCC2C)c2ccccc2c1=O. The van der Waals surface area contributed by atoms with Crippen LogP contribution in [0.15, 0.2) is 53.3 Å². The Morgan fingerprint density at radius 3 is 2.59 bits per heavy atom. The molecule has 5 heteroatoms. The number of carbonyl (C=O) groups is 1. The molecular weight excluding hydrogens is 362 g/mol. The second-order valence-electron chi connectivity index (χ2n) is 7.82. The Labute approximate surface area is 171 Å². The lowest BCUT2D eigenvalue weighted by Gasteiger charge is -2.35. The van der Waals surface area contributed by atoms with Gasteiger partial charge in [0.15, 0.2) is 5.69 Å². The van der Waals surface area contributed by atoms with Crippen LogP contribution in [0.2, 0.25) is 0 Å². The van der Waals surface area contributed by atoms with Crippen LogP contribution in [0.25, 0.3) is 10.8 Å². The van der Waals surface area contributed by atoms with Gasteiger partial charge < -0.3 is 4.90 Å². The molecule has 0 saturated heterocycles. The van der Waals surface area contributed by atoms with Gasteiger partial charge in [-0.3, -0.25) is 9.59 Å². The lowest BCUT2D eigenvalue weighted by Crippen LogP contribution is -2.43. The van der Waals surface area contributed by atoms with Gasteiger partial charge >= 0.3 is 0 Å². The Balaban J connectivity index is 1.84. The van der Waals surface area contributed by atoms with Crippen LogP contribution in [0.1, 0.15) is 55.6 Å². The third-order valence-corrected chi connectivity index (χ3v) is 5.79. The van der Waals surface area contributed by atoms with Crippen LogP contribution in [0.5, 0.6) is 0 Å². The van der Waals surface area contributed by atoms with Gasteiger partial charge in [0.25, 0.3) is 11.5 Å². The van der Waals surface area contributed by atoms with Crippen LogP contribution >= 0.6 is 0 Å². The molecule has 1 aliphatic rings. The Morgan fingerprint density at radius 2 is 1.79 bits per heavy atom. The summed E-state index contributed by atoms with van der Waals surface area (Å²) < 4.78 is 1.48. The minimum absolute atomic E-state index is 0.0819. The molecule has 29 heavy (non-hydrogen) atoms. The number of benzene rings is 2. The number of carbonyl (C=O) groups excluding carboxylic acids is 1. The summed E-state index contributed by atoms with van der Waals surface area (Å²) in [5.41, 5.74) is 2.37. The zero-order chi connectivity index (χ0) is 20.4. The zero-order valence-corrected chi connectivity index (χ0v) is 17.1. The molecule has 150 valence electrons. The molecule has 1 unspecified atom stereocenters. The molecule has 1 amide bonds. The number of hydrogen-bond donors (Lipinski definition) is 0. The molecule has 0 N–H and O–H groups in total. The Kier molecular flexibility index (Phi) is 5.47. The second kappa shape index (κ2) is 8.19. The van der Waals surface area contributed by atoms with Crippen molar-refractivity contribution < 1.29 is 4.79 Å². The van der Waals surface area contributed by atoms with Crippen LogP contribution < -0.4 is 10.5 Å². The van der Waals surface area contributed by atoms with Crippen molar-refractivity contribution in [3.63, 3.8) is 0 Å². The number of aromatic nitrogens is 2. The van der Waals surface area contributed by atoms with Gasteiger partial charge in [0.1, 0.15) is 0 Å². The molecule has 1 aliphatic heterocycles. The van der Waals surface area contributed by atoms with E-state index in [1.165, 1.54) is 10.2 Å². The number of nitrogens with zero attached hydrogens (tertiary/aromatic N) is 3. The maximum atomic E-state index is 13.7. The average molecular weight is 389 g/mol. The molecule has 1 aromatic heterocycles. The fourth-order valence-electron chi connectivity index (χ4n) is 4.17. The molecule has 1 atom stereocenters. The first-order valence-corrected chi connectivity index (χ1v) is 10.5. The first-order chi connectivity index (χ1) is 14.1. The molecule has 0 aliphatic carbocycles. The summed E-state index contributed by atoms with van der Waals surface area (Å²) in [6, 6.07) is 15.5. The molecule has 5 nitrogen and oxygen atoms in total. The number of unbranched alkanes of at least 4 members (excludes halogenated alkanes) is 2. The molecule has 0 radical (unpaired) electrons. The van der Waals surface area contributed by atoms with Crippen molar-refractivity contribution in [1.29, 1.82) is 0 Å². The van der Waals surface area contributed by atoms with Crippen LogP contribution in [-0.2, 0) is 13.0 Å². The van der Waals surface area contributed by atoms with Crippen LogP contribution in [0.3, 0.4) is 0 Å². The monoisotopic (exact) mass is 389 g/mol. The van der Waals surface area contributed by atoms with Crippen LogP contribution in [0.4, 0.5) is 5.69 Å². The summed E-state index contributed by atoms with van der Waals surface area (Å²) in [4.78, 5) is 28.5. The molecule has 2 aromatic carbocycles. The Morgan fingerprint density at radius 1 is 1.07 bits per heavy atom. The molecule has 4 rings (SSSR count). The topological polar surface area (TPSA) is 55.2 Å². The first kappa shape index (κ1) is 19.4. The quantitative estimate of drug-likeness (QED) is 0.601. The van der Waals surface area contributed by atoms with E-state index in [-0.39, 0.29) is 17.5 Å². The lowest BCUT2D eigenvalue weighted by molar-refractivity contribution is 0.0969. The van der Waals surface area contributed by atoms with E-state index >= 15 is 0 Å². The predicted octanol–water partition coefficient (Wildman–Crippen LogP) is 4.57. The fourth-order valence-corrected chi connectivity index (χ4v) is 4.17. The summed E-state index contributed by atoms with van der Waals surface area (Å²) >= 11 is 0. The molecule has 0 spiro atoms. The van der Waals surface area contributed by atoms with E-state index in [0.717, 1.165) is 37.8 Å². The van der Waals surface area contributed by atoms with Crippen molar-refractivity contribution in [3.8, 4) is 0 Å². The number of hydrogen-bond acceptors (Lipinski definition) is 3. The van der Waals surface area contributed by atoms with Gasteiger partial charge in [-0.25, -0.2) is 4.68 Å². The first-order valence-electron chi connectivity index (χ1n) is 10.5. The molecule has 2 heterocycles. The Hall–Kier alpha value is -2.95. The predicted molar refractivity (Wildman–Crippen MR) is 117 cm³/mol. The molecule has 0 fully saturated rings. The Bertz CT molecular complexity index is 1100. The van der Waals surface area contributed by atoms with Gasteiger partial charge in [-0.1, -0.05) is 56.2 Å². The van der Waals surface area contributed by atoms with Gasteiger partial charge in [-0.2, -0.15) is 5.10 Å². The number of fused-ring (bicyclic) bond motifs is 2. The molecular formula is C24H27N3O2. The minimum Gasteiger partial charge on any atom is -0.304 e. The summed E-state index contributed by atoms with van der Waals surface area (Å²) in [6.07, 6.45) is 4.85. The van der Waals surface area contributed by atoms with Gasteiger partial charge in [0.05, 0.1) is 5.39 Å². The summed E-state index contributed by atoms with van der Waals surface area (Å²) in [6.45, 7) is 4.73. The van der Waals surface area contributed by atoms with Crippen LogP contribution in [-0.4, -0.2) is 21.7 Å². The van der Waals surface area contributed by atoms with E-state index in [9.17, 15) is 9.59 Å². The zero-order valence-electron chi connectivity index (χ0n) is 17.1. The van der Waals surface area contributed by atoms with Gasteiger partial charge in [-0.15, -0.1) is 0 Å². The van der Waals surface area contributed by atoms with Crippen molar-refractivity contribution in [3.05, 3.63) is 70.1 Å². The standard InChI is InChI=1S/C24H27N3O2/c1-3-4-9-16-26-23(28)20-12-7-6-11-19(20)22(25-26)24(29)27-17(2)14-15-18-10-5-8-13-21(18)27/h5-8,10-13,17H,3-4,9,14-16H2,1-2H3. The van der Waals surface area contributed by atoms with Gasteiger partial charge in [0, 0.05) is 23.7 Å². The van der Waals surface area contributed by atoms with Crippen LogP contribution in [0, 0.1) is 0 Å². The summed E-state index contributed by atoms with van der Waals surface area (Å²) in [5.74, 6) is -0.134. The minimum atomic E-state index is -0.134. The van der Waals surface area contributed by atoms with Crippen molar-refractivity contribution in [1.82, 2.24) is 9.78 Å². The van der Waals surface area contributed by atoms with Crippen molar-refractivity contribution >= 4 is 22.4 Å². The number of aryl methyl sites for hydroxylation is 2. The highest BCUT2D eigenvalue weighted by molar-refractivity contribution is 6.13. The van der Waals surface area contributed by atoms with E-state index < -0.39 is 0 Å². The normalized spacial score (nSPS) is 16.1. The maximum Gasteiger partial charge on any atom is 0.279 e. The van der Waals surface area contributed by atoms with E-state index in [0.29, 0.717) is 23.0 Å². The molecule has 0 bridgehead atoms. The van der Waals surface area contributed by atoms with Gasteiger partial charge in [0.2, 0.25) is 0 Å². The highest BCUT2D eigenvalue weighted by Crippen LogP contribution is 2.32. The third-order valence-electron chi connectivity index (χ3n) is 5.79. The maximum absolute atomic E-state index is 13.7. The summed E-state index contributed by atoms with van der Waals surface area (Å²) in [5, 5.41) is 5.75. The largest absolute Gasteiger partial charge is 0.304 e. The molecule has 0 saturated carbocycles. The van der Waals surface area contributed by atoms with Crippen molar-refractivity contribution in [2.24, 2.45) is 0 Å². The smallest absolute Gasteiger partial charge is 0.279 e. The van der Waals surface area contributed by atoms with E-state index in [1.807, 2.05) is 41.3 Å². The average Bonchev–Trinajstić information content (AvgIpc) is 2.75. The highest BCUT2D eigenvalue weighted by atomic mass is 16.2. The van der Waals surface area contributed by atoms with E-state index in [4.69, 9.17) is 0 Å². The van der Waals surface area contributed by atoms with E-state index in [2.05, 4.69) is 25.0 Å². The number of amides is 1. The summed E-state index contributed by atoms with van der Waals surface area (Å²) in [7, 11) is 0.